The molecule has 2 fully saturated rings. The minimum absolute atomic E-state index is 0.323. The van der Waals surface area contributed by atoms with Crippen LogP contribution in [0.2, 0.25) is 0 Å². The van der Waals surface area contributed by atoms with Crippen molar-refractivity contribution < 1.29 is 19.9 Å². The number of rotatable bonds is 5. The molecule has 4 atom stereocenters. The largest absolute Gasteiger partial charge is 0.611 e. The number of carbonyl (C=O) groups is 2. The van der Waals surface area contributed by atoms with Crippen molar-refractivity contribution in [3.05, 3.63) is 10.4 Å². The van der Waals surface area contributed by atoms with Crippen LogP contribution in [0.15, 0.2) is 0 Å². The van der Waals surface area contributed by atoms with E-state index in [2.05, 4.69) is 21.9 Å². The normalized spacial score (nSPS) is 35.7. The first-order chi connectivity index (χ1) is 8.59. The van der Waals surface area contributed by atoms with Gasteiger partial charge in [0.25, 0.3) is 11.8 Å². The van der Waals surface area contributed by atoms with Gasteiger partial charge < -0.3 is 10.4 Å². The molecule has 0 bridgehead atoms. The van der Waals surface area contributed by atoms with Gasteiger partial charge in [0.15, 0.2) is 12.1 Å². The van der Waals surface area contributed by atoms with E-state index in [4.69, 9.17) is 0 Å². The molecular weight excluding hydrogens is 244 g/mol. The van der Waals surface area contributed by atoms with Gasteiger partial charge in [0, 0.05) is 12.8 Å². The molecule has 6 N–H and O–H groups in total. The summed E-state index contributed by atoms with van der Waals surface area (Å²) in [5.74, 6) is -0.646. The molecule has 2 saturated heterocycles. The molecule has 10 nitrogen and oxygen atoms in total. The first kappa shape index (κ1) is 13.1. The number of amides is 2. The lowest BCUT2D eigenvalue weighted by Gasteiger charge is -2.20. The molecule has 0 spiro atoms. The van der Waals surface area contributed by atoms with Gasteiger partial charge in [-0.15, -0.1) is 0 Å². The molecule has 0 aromatic carbocycles. The Hall–Kier alpha value is -1.30. The summed E-state index contributed by atoms with van der Waals surface area (Å²) in [6.07, 6.45) is 2.08. The number of carbonyl (C=O) groups excluding carboxylic acids is 2. The zero-order valence-corrected chi connectivity index (χ0v) is 9.62. The molecular formula is C8H16N6O4. The molecule has 2 heterocycles. The van der Waals surface area contributed by atoms with E-state index in [9.17, 15) is 20.0 Å². The Morgan fingerprint density at radius 3 is 1.56 bits per heavy atom. The number of unbranched alkanes of at least 4 members (excludes halogenated alkanes) is 1. The van der Waals surface area contributed by atoms with E-state index < -0.39 is 12.1 Å². The van der Waals surface area contributed by atoms with Gasteiger partial charge in [-0.1, -0.05) is 11.1 Å². The molecule has 0 aromatic rings. The van der Waals surface area contributed by atoms with Crippen LogP contribution in [0.1, 0.15) is 25.7 Å². The van der Waals surface area contributed by atoms with Crippen LogP contribution in [0, 0.1) is 10.4 Å². The average Bonchev–Trinajstić information content (AvgIpc) is 2.82. The number of hydroxylamine groups is 2. The van der Waals surface area contributed by atoms with Crippen LogP contribution in [-0.4, -0.2) is 23.9 Å². The third kappa shape index (κ3) is 2.75. The van der Waals surface area contributed by atoms with Crippen molar-refractivity contribution in [2.75, 3.05) is 0 Å². The van der Waals surface area contributed by atoms with Gasteiger partial charge in [-0.25, -0.2) is 10.9 Å². The maximum absolute atomic E-state index is 11.2. The fourth-order valence-corrected chi connectivity index (χ4v) is 2.05. The SMILES string of the molecule is O=C1NN[NH+]([O-])C1CCCCC1C(=O)NN[NH+]1[O-]. The van der Waals surface area contributed by atoms with Crippen molar-refractivity contribution >= 4 is 11.8 Å². The maximum atomic E-state index is 11.2. The second-order valence-electron chi connectivity index (χ2n) is 4.35. The van der Waals surface area contributed by atoms with Gasteiger partial charge in [-0.3, -0.25) is 19.9 Å². The van der Waals surface area contributed by atoms with Crippen LogP contribution >= 0.6 is 0 Å². The lowest BCUT2D eigenvalue weighted by molar-refractivity contribution is -0.906. The molecule has 2 aliphatic rings. The Bertz CT molecular complexity index is 308. The van der Waals surface area contributed by atoms with Gasteiger partial charge in [0.1, 0.15) is 0 Å². The second-order valence-corrected chi connectivity index (χ2v) is 4.35. The molecule has 0 aromatic heterocycles. The Morgan fingerprint density at radius 1 is 0.889 bits per heavy atom. The summed E-state index contributed by atoms with van der Waals surface area (Å²) in [6.45, 7) is 0. The van der Waals surface area contributed by atoms with Crippen LogP contribution in [0.4, 0.5) is 0 Å². The van der Waals surface area contributed by atoms with Crippen molar-refractivity contribution in [2.45, 2.75) is 37.8 Å². The summed E-state index contributed by atoms with van der Waals surface area (Å²) in [4.78, 5) is 22.4. The first-order valence-corrected chi connectivity index (χ1v) is 5.79. The third-order valence-corrected chi connectivity index (χ3v) is 3.12. The number of nitrogens with one attached hydrogen (secondary N) is 6. The number of hydrogen-bond acceptors (Lipinski definition) is 6. The Kier molecular flexibility index (Phi) is 4.06. The lowest BCUT2D eigenvalue weighted by atomic mass is 10.0. The average molecular weight is 260 g/mol. The van der Waals surface area contributed by atoms with E-state index >= 15 is 0 Å². The minimum Gasteiger partial charge on any atom is -0.611 e. The third-order valence-electron chi connectivity index (χ3n) is 3.12. The van der Waals surface area contributed by atoms with Crippen molar-refractivity contribution in [2.24, 2.45) is 0 Å². The van der Waals surface area contributed by atoms with E-state index in [-0.39, 0.29) is 22.2 Å². The second kappa shape index (κ2) is 5.56. The monoisotopic (exact) mass is 260 g/mol. The highest BCUT2D eigenvalue weighted by Gasteiger charge is 2.33. The van der Waals surface area contributed by atoms with E-state index in [0.717, 1.165) is 0 Å². The van der Waals surface area contributed by atoms with Crippen molar-refractivity contribution in [1.82, 2.24) is 21.9 Å². The van der Waals surface area contributed by atoms with E-state index in [1.807, 2.05) is 0 Å². The Labute approximate surface area is 103 Å². The van der Waals surface area contributed by atoms with Gasteiger partial charge in [-0.05, 0) is 12.8 Å². The van der Waals surface area contributed by atoms with E-state index in [1.165, 1.54) is 0 Å². The molecule has 10 heteroatoms. The fourth-order valence-electron chi connectivity index (χ4n) is 2.05. The van der Waals surface area contributed by atoms with Gasteiger partial charge in [-0.2, -0.15) is 0 Å². The van der Waals surface area contributed by atoms with Gasteiger partial charge in [0.05, 0.1) is 0 Å². The van der Waals surface area contributed by atoms with Crippen LogP contribution < -0.4 is 32.3 Å². The zero-order chi connectivity index (χ0) is 13.1. The number of quaternary nitrogens is 2. The molecule has 102 valence electrons. The summed E-state index contributed by atoms with van der Waals surface area (Å²) < 4.78 is 0. The van der Waals surface area contributed by atoms with Gasteiger partial charge in [0.2, 0.25) is 0 Å². The topological polar surface area (TPSA) is 137 Å². The van der Waals surface area contributed by atoms with E-state index in [1.54, 1.807) is 0 Å². The zero-order valence-electron chi connectivity index (χ0n) is 9.62. The maximum Gasteiger partial charge on any atom is 0.298 e. The van der Waals surface area contributed by atoms with Crippen LogP contribution in [-0.2, 0) is 9.59 Å². The Morgan fingerprint density at radius 2 is 1.28 bits per heavy atom. The molecule has 0 radical (unpaired) electrons. The summed E-state index contributed by atoms with van der Waals surface area (Å²) in [5, 5.41) is 21.8. The molecule has 4 unspecified atom stereocenters. The smallest absolute Gasteiger partial charge is 0.298 e. The highest BCUT2D eigenvalue weighted by molar-refractivity contribution is 5.81. The predicted molar refractivity (Wildman–Crippen MR) is 57.3 cm³/mol. The summed E-state index contributed by atoms with van der Waals surface area (Å²) in [7, 11) is 0. The highest BCUT2D eigenvalue weighted by Crippen LogP contribution is 2.05. The van der Waals surface area contributed by atoms with Crippen LogP contribution in [0.3, 0.4) is 0 Å². The fraction of sp³-hybridized carbons (Fsp3) is 0.750. The predicted octanol–water partition coefficient (Wildman–Crippen LogP) is -4.85. The summed E-state index contributed by atoms with van der Waals surface area (Å²) >= 11 is 0. The van der Waals surface area contributed by atoms with Gasteiger partial charge >= 0.3 is 0 Å². The molecule has 2 amide bonds. The highest BCUT2D eigenvalue weighted by atomic mass is 16.6. The Balaban J connectivity index is 1.67. The quantitative estimate of drug-likeness (QED) is 0.217. The first-order valence-electron chi connectivity index (χ1n) is 5.79. The van der Waals surface area contributed by atoms with Crippen molar-refractivity contribution in [3.8, 4) is 0 Å². The van der Waals surface area contributed by atoms with Crippen molar-refractivity contribution in [1.29, 1.82) is 0 Å². The summed E-state index contributed by atoms with van der Waals surface area (Å²) in [6, 6.07) is -1.31. The van der Waals surface area contributed by atoms with Crippen molar-refractivity contribution in [3.63, 3.8) is 0 Å². The minimum atomic E-state index is -0.656. The molecule has 0 saturated carbocycles. The van der Waals surface area contributed by atoms with Crippen LogP contribution in [0.5, 0.6) is 0 Å². The van der Waals surface area contributed by atoms with E-state index in [0.29, 0.717) is 25.7 Å². The number of hydrazine groups is 2. The molecule has 0 aliphatic carbocycles. The lowest BCUT2D eigenvalue weighted by Crippen LogP contribution is -3.16. The summed E-state index contributed by atoms with van der Waals surface area (Å²) in [5.41, 5.74) is 9.00. The molecule has 2 aliphatic heterocycles. The standard InChI is InChI=1S/C8H16N6O4/c15-7-5(13(17)11-9-7)3-1-2-4-6-8(16)10-12-14(6)18/h5-6,11-14H,1-4H2,(H,9,15)(H,10,16). The number of hydrogen-bond donors (Lipinski definition) is 6. The molecule has 2 rings (SSSR count). The van der Waals surface area contributed by atoms with Crippen LogP contribution in [0.25, 0.3) is 0 Å². The molecule has 18 heavy (non-hydrogen) atoms.